The zero-order valence-corrected chi connectivity index (χ0v) is 12.5. The Labute approximate surface area is 117 Å². The van der Waals surface area contributed by atoms with Crippen LogP contribution in [0.3, 0.4) is 0 Å². The number of ether oxygens (including phenoxy) is 1. The maximum Gasteiger partial charge on any atom is 0.0723 e. The topological polar surface area (TPSA) is 21.3 Å². The van der Waals surface area contributed by atoms with E-state index in [4.69, 9.17) is 4.74 Å². The molecule has 2 unspecified atom stereocenters. The lowest BCUT2D eigenvalue weighted by molar-refractivity contribution is -0.00942. The molecule has 0 amide bonds. The first-order valence-electron chi connectivity index (χ1n) is 7.52. The first-order chi connectivity index (χ1) is 9.19. The third-order valence-electron chi connectivity index (χ3n) is 4.10. The number of rotatable bonds is 5. The van der Waals surface area contributed by atoms with E-state index in [-0.39, 0.29) is 0 Å². The lowest BCUT2D eigenvalue weighted by Crippen LogP contribution is -2.26. The molecule has 1 fully saturated rings. The third kappa shape index (κ3) is 4.32. The van der Waals surface area contributed by atoms with Crippen molar-refractivity contribution in [3.8, 4) is 0 Å². The quantitative estimate of drug-likeness (QED) is 0.871. The van der Waals surface area contributed by atoms with E-state index < -0.39 is 0 Å². The van der Waals surface area contributed by atoms with Gasteiger partial charge in [0, 0.05) is 6.54 Å². The molecule has 1 saturated carbocycles. The first kappa shape index (κ1) is 14.5. The third-order valence-corrected chi connectivity index (χ3v) is 4.10. The summed E-state index contributed by atoms with van der Waals surface area (Å²) in [4.78, 5) is 0. The minimum absolute atomic E-state index is 0.446. The van der Waals surface area contributed by atoms with Gasteiger partial charge in [-0.3, -0.25) is 0 Å². The van der Waals surface area contributed by atoms with E-state index in [1.54, 1.807) is 0 Å². The van der Waals surface area contributed by atoms with E-state index in [2.05, 4.69) is 43.4 Å². The average molecular weight is 261 g/mol. The van der Waals surface area contributed by atoms with Crippen LogP contribution in [0.15, 0.2) is 24.3 Å². The highest BCUT2D eigenvalue weighted by Gasteiger charge is 2.24. The predicted octanol–water partition coefficient (Wildman–Crippen LogP) is 3.75. The fraction of sp³-hybridized carbons (Fsp3) is 0.647. The largest absolute Gasteiger partial charge is 0.374 e. The second-order valence-electron chi connectivity index (χ2n) is 6.15. The molecule has 0 aliphatic heterocycles. The van der Waals surface area contributed by atoms with Gasteiger partial charge in [-0.2, -0.15) is 0 Å². The van der Waals surface area contributed by atoms with Crippen molar-refractivity contribution in [1.29, 1.82) is 0 Å². The Kier molecular flexibility index (Phi) is 5.41. The summed E-state index contributed by atoms with van der Waals surface area (Å²) in [6.45, 7) is 6.36. The Hall–Kier alpha value is -0.860. The van der Waals surface area contributed by atoms with Crippen LogP contribution in [0.1, 0.15) is 44.2 Å². The van der Waals surface area contributed by atoms with Crippen molar-refractivity contribution < 1.29 is 4.74 Å². The molecule has 2 atom stereocenters. The molecule has 1 N–H and O–H groups in total. The highest BCUT2D eigenvalue weighted by molar-refractivity contribution is 5.26. The summed E-state index contributed by atoms with van der Waals surface area (Å²) < 4.78 is 6.17. The highest BCUT2D eigenvalue weighted by atomic mass is 16.5. The summed E-state index contributed by atoms with van der Waals surface area (Å²) >= 11 is 0. The first-order valence-corrected chi connectivity index (χ1v) is 7.52. The van der Waals surface area contributed by atoms with Crippen LogP contribution in [0.5, 0.6) is 0 Å². The minimum atomic E-state index is 0.446. The highest BCUT2D eigenvalue weighted by Crippen LogP contribution is 2.30. The van der Waals surface area contributed by atoms with E-state index in [9.17, 15) is 0 Å². The molecule has 1 aliphatic carbocycles. The molecule has 106 valence electrons. The van der Waals surface area contributed by atoms with Crippen molar-refractivity contribution in [1.82, 2.24) is 5.32 Å². The van der Waals surface area contributed by atoms with E-state index in [1.165, 1.54) is 30.4 Å². The number of hydrogen-bond acceptors (Lipinski definition) is 2. The van der Waals surface area contributed by atoms with E-state index >= 15 is 0 Å². The molecule has 0 heterocycles. The fourth-order valence-corrected chi connectivity index (χ4v) is 3.28. The lowest BCUT2D eigenvalue weighted by atomic mass is 9.82. The SMILES string of the molecule is CNCc1ccccc1COC1CC(C)CC(C)C1. The Morgan fingerprint density at radius 2 is 1.68 bits per heavy atom. The zero-order chi connectivity index (χ0) is 13.7. The van der Waals surface area contributed by atoms with Gasteiger partial charge in [-0.25, -0.2) is 0 Å². The van der Waals surface area contributed by atoms with Crippen LogP contribution in [0.4, 0.5) is 0 Å². The molecule has 1 aliphatic rings. The molecule has 2 rings (SSSR count). The monoisotopic (exact) mass is 261 g/mol. The van der Waals surface area contributed by atoms with Crippen LogP contribution >= 0.6 is 0 Å². The minimum Gasteiger partial charge on any atom is -0.374 e. The van der Waals surface area contributed by atoms with Gasteiger partial charge in [-0.15, -0.1) is 0 Å². The van der Waals surface area contributed by atoms with E-state index in [0.29, 0.717) is 6.10 Å². The fourth-order valence-electron chi connectivity index (χ4n) is 3.28. The average Bonchev–Trinajstić information content (AvgIpc) is 2.37. The van der Waals surface area contributed by atoms with Gasteiger partial charge in [0.25, 0.3) is 0 Å². The summed E-state index contributed by atoms with van der Waals surface area (Å²) in [5, 5.41) is 3.22. The maximum absolute atomic E-state index is 6.17. The van der Waals surface area contributed by atoms with Gasteiger partial charge < -0.3 is 10.1 Å². The molecule has 0 aromatic heterocycles. The summed E-state index contributed by atoms with van der Waals surface area (Å²) in [7, 11) is 1.99. The Balaban J connectivity index is 1.91. The van der Waals surface area contributed by atoms with Gasteiger partial charge in [0.1, 0.15) is 0 Å². The molecule has 1 aromatic carbocycles. The van der Waals surface area contributed by atoms with Gasteiger partial charge in [0.15, 0.2) is 0 Å². The number of nitrogens with one attached hydrogen (secondary N) is 1. The summed E-state index contributed by atoms with van der Waals surface area (Å²) in [6.07, 6.45) is 4.24. The molecule has 0 saturated heterocycles. The second-order valence-corrected chi connectivity index (χ2v) is 6.15. The van der Waals surface area contributed by atoms with Crippen molar-refractivity contribution in [3.63, 3.8) is 0 Å². The van der Waals surface area contributed by atoms with Crippen molar-refractivity contribution in [2.24, 2.45) is 11.8 Å². The molecule has 0 radical (unpaired) electrons. The van der Waals surface area contributed by atoms with Crippen LogP contribution < -0.4 is 5.32 Å². The van der Waals surface area contributed by atoms with E-state index in [1.807, 2.05) is 7.05 Å². The van der Waals surface area contributed by atoms with Crippen LogP contribution in [0.2, 0.25) is 0 Å². The second kappa shape index (κ2) is 7.06. The van der Waals surface area contributed by atoms with Crippen molar-refractivity contribution in [2.75, 3.05) is 7.05 Å². The Morgan fingerprint density at radius 1 is 1.05 bits per heavy atom. The lowest BCUT2D eigenvalue weighted by Gasteiger charge is -2.31. The van der Waals surface area contributed by atoms with Crippen LogP contribution in [-0.2, 0) is 17.9 Å². The van der Waals surface area contributed by atoms with Crippen LogP contribution in [0, 0.1) is 11.8 Å². The normalized spacial score (nSPS) is 27.4. The molecule has 0 spiro atoms. The number of hydrogen-bond donors (Lipinski definition) is 1. The van der Waals surface area contributed by atoms with Gasteiger partial charge in [0.05, 0.1) is 12.7 Å². The molecule has 0 bridgehead atoms. The Bertz CT molecular complexity index is 381. The molecular formula is C17H27NO. The molecule has 19 heavy (non-hydrogen) atoms. The summed E-state index contributed by atoms with van der Waals surface area (Å²) in [5.74, 6) is 1.61. The van der Waals surface area contributed by atoms with Gasteiger partial charge >= 0.3 is 0 Å². The van der Waals surface area contributed by atoms with Crippen molar-refractivity contribution in [2.45, 2.75) is 52.4 Å². The maximum atomic E-state index is 6.17. The molecule has 2 heteroatoms. The van der Waals surface area contributed by atoms with E-state index in [0.717, 1.165) is 25.0 Å². The summed E-state index contributed by atoms with van der Waals surface area (Å²) in [6, 6.07) is 8.56. The van der Waals surface area contributed by atoms with Gasteiger partial charge in [-0.05, 0) is 49.3 Å². The molecule has 1 aromatic rings. The van der Waals surface area contributed by atoms with Crippen molar-refractivity contribution in [3.05, 3.63) is 35.4 Å². The smallest absolute Gasteiger partial charge is 0.0723 e. The zero-order valence-electron chi connectivity index (χ0n) is 12.5. The Morgan fingerprint density at radius 3 is 2.32 bits per heavy atom. The predicted molar refractivity (Wildman–Crippen MR) is 80.0 cm³/mol. The molecule has 2 nitrogen and oxygen atoms in total. The van der Waals surface area contributed by atoms with Gasteiger partial charge in [-0.1, -0.05) is 38.1 Å². The van der Waals surface area contributed by atoms with Crippen LogP contribution in [0.25, 0.3) is 0 Å². The van der Waals surface area contributed by atoms with Gasteiger partial charge in [0.2, 0.25) is 0 Å². The molecular weight excluding hydrogens is 234 g/mol. The standard InChI is InChI=1S/C17H27NO/c1-13-8-14(2)10-17(9-13)19-12-16-7-5-4-6-15(16)11-18-3/h4-7,13-14,17-18H,8-12H2,1-3H3. The van der Waals surface area contributed by atoms with Crippen LogP contribution in [-0.4, -0.2) is 13.2 Å². The summed E-state index contributed by atoms with van der Waals surface area (Å²) in [5.41, 5.74) is 2.67. The van der Waals surface area contributed by atoms with Crippen molar-refractivity contribution >= 4 is 0 Å². The number of benzene rings is 1.